The van der Waals surface area contributed by atoms with E-state index in [0.29, 0.717) is 6.61 Å². The lowest BCUT2D eigenvalue weighted by Gasteiger charge is -2.08. The molecule has 1 unspecified atom stereocenters. The van der Waals surface area contributed by atoms with Gasteiger partial charge in [0, 0.05) is 18.7 Å². The summed E-state index contributed by atoms with van der Waals surface area (Å²) in [7, 11) is 1.90. The fourth-order valence-corrected chi connectivity index (χ4v) is 1.61. The van der Waals surface area contributed by atoms with Crippen molar-refractivity contribution in [2.75, 3.05) is 6.61 Å². The molecule has 0 aliphatic rings. The van der Waals surface area contributed by atoms with Gasteiger partial charge in [-0.15, -0.1) is 0 Å². The Balaban J connectivity index is 2.79. The summed E-state index contributed by atoms with van der Waals surface area (Å²) in [5.41, 5.74) is 1.10. The number of aryl methyl sites for hydroxylation is 1. The van der Waals surface area contributed by atoms with Gasteiger partial charge in [0.1, 0.15) is 4.60 Å². The molecule has 0 aliphatic heterocycles. The highest BCUT2D eigenvalue weighted by Gasteiger charge is 2.10. The van der Waals surface area contributed by atoms with Crippen molar-refractivity contribution >= 4 is 15.9 Å². The van der Waals surface area contributed by atoms with E-state index in [1.54, 1.807) is 0 Å². The normalized spacial score (nSPS) is 13.3. The maximum absolute atomic E-state index is 4.98. The summed E-state index contributed by atoms with van der Waals surface area (Å²) in [6, 6.07) is 1.96. The molecule has 0 fully saturated rings. The zero-order chi connectivity index (χ0) is 9.14. The van der Waals surface area contributed by atoms with Crippen LogP contribution in [0.4, 0.5) is 0 Å². The molecule has 1 atom stereocenters. The van der Waals surface area contributed by atoms with E-state index in [0.717, 1.165) is 10.3 Å². The van der Waals surface area contributed by atoms with Gasteiger partial charge in [-0.3, -0.25) is 4.68 Å². The third-order valence-electron chi connectivity index (χ3n) is 1.74. The van der Waals surface area contributed by atoms with E-state index in [9.17, 15) is 0 Å². The average Bonchev–Trinajstić information content (AvgIpc) is 2.30. The SMILES string of the molecule is CC(CON)c1cc(Br)nn1C. The van der Waals surface area contributed by atoms with Crippen LogP contribution in [0.2, 0.25) is 0 Å². The van der Waals surface area contributed by atoms with E-state index < -0.39 is 0 Å². The zero-order valence-corrected chi connectivity index (χ0v) is 8.71. The first-order chi connectivity index (χ1) is 5.65. The quantitative estimate of drug-likeness (QED) is 0.799. The molecular weight excluding hydrogens is 222 g/mol. The first kappa shape index (κ1) is 9.70. The molecule has 0 spiro atoms. The first-order valence-electron chi connectivity index (χ1n) is 3.66. The largest absolute Gasteiger partial charge is 0.304 e. The molecule has 0 saturated carbocycles. The average molecular weight is 234 g/mol. The molecule has 2 N–H and O–H groups in total. The molecule has 1 aromatic rings. The van der Waals surface area contributed by atoms with Crippen LogP contribution in [0.3, 0.4) is 0 Å². The highest BCUT2D eigenvalue weighted by molar-refractivity contribution is 9.10. The Morgan fingerprint density at radius 1 is 1.83 bits per heavy atom. The van der Waals surface area contributed by atoms with Crippen molar-refractivity contribution in [2.45, 2.75) is 12.8 Å². The van der Waals surface area contributed by atoms with Crippen LogP contribution in [-0.2, 0) is 11.9 Å². The zero-order valence-electron chi connectivity index (χ0n) is 7.12. The molecule has 4 nitrogen and oxygen atoms in total. The van der Waals surface area contributed by atoms with Crippen LogP contribution < -0.4 is 5.90 Å². The van der Waals surface area contributed by atoms with Crippen molar-refractivity contribution in [3.05, 3.63) is 16.4 Å². The number of hydrogen-bond acceptors (Lipinski definition) is 3. The van der Waals surface area contributed by atoms with Gasteiger partial charge in [0.25, 0.3) is 0 Å². The minimum atomic E-state index is 0.263. The Morgan fingerprint density at radius 3 is 2.92 bits per heavy atom. The molecule has 5 heteroatoms. The number of nitrogens with two attached hydrogens (primary N) is 1. The van der Waals surface area contributed by atoms with Crippen LogP contribution in [0.5, 0.6) is 0 Å². The van der Waals surface area contributed by atoms with Gasteiger partial charge in [0.2, 0.25) is 0 Å². The van der Waals surface area contributed by atoms with Gasteiger partial charge in [0.05, 0.1) is 6.61 Å². The molecule has 0 amide bonds. The molecule has 0 aromatic carbocycles. The first-order valence-corrected chi connectivity index (χ1v) is 4.45. The molecule has 1 rings (SSSR count). The Bertz CT molecular complexity index is 261. The number of halogens is 1. The van der Waals surface area contributed by atoms with Gasteiger partial charge in [-0.1, -0.05) is 6.92 Å². The number of rotatable bonds is 3. The minimum Gasteiger partial charge on any atom is -0.304 e. The van der Waals surface area contributed by atoms with Crippen molar-refractivity contribution < 1.29 is 4.84 Å². The number of nitrogens with zero attached hydrogens (tertiary/aromatic N) is 2. The lowest BCUT2D eigenvalue weighted by Crippen LogP contribution is -2.11. The Morgan fingerprint density at radius 2 is 2.50 bits per heavy atom. The molecule has 0 radical (unpaired) electrons. The lowest BCUT2D eigenvalue weighted by atomic mass is 10.1. The maximum atomic E-state index is 4.98. The van der Waals surface area contributed by atoms with Crippen LogP contribution in [0.25, 0.3) is 0 Å². The van der Waals surface area contributed by atoms with Gasteiger partial charge in [-0.2, -0.15) is 5.10 Å². The van der Waals surface area contributed by atoms with E-state index >= 15 is 0 Å². The van der Waals surface area contributed by atoms with Crippen molar-refractivity contribution in [2.24, 2.45) is 12.9 Å². The summed E-state index contributed by atoms with van der Waals surface area (Å²) >= 11 is 3.30. The second-order valence-corrected chi connectivity index (χ2v) is 3.56. The van der Waals surface area contributed by atoms with Gasteiger partial charge in [-0.05, 0) is 22.0 Å². The summed E-state index contributed by atoms with van der Waals surface area (Å²) in [5, 5.41) is 4.15. The van der Waals surface area contributed by atoms with E-state index in [4.69, 9.17) is 5.90 Å². The molecule has 0 aliphatic carbocycles. The third-order valence-corrected chi connectivity index (χ3v) is 2.12. The van der Waals surface area contributed by atoms with Crippen LogP contribution in [-0.4, -0.2) is 16.4 Å². The number of aromatic nitrogens is 2. The van der Waals surface area contributed by atoms with Crippen molar-refractivity contribution in [3.8, 4) is 0 Å². The van der Waals surface area contributed by atoms with Crippen LogP contribution >= 0.6 is 15.9 Å². The van der Waals surface area contributed by atoms with Gasteiger partial charge < -0.3 is 4.84 Å². The number of hydrogen-bond donors (Lipinski definition) is 1. The van der Waals surface area contributed by atoms with E-state index in [1.807, 2.05) is 24.7 Å². The molecule has 1 aromatic heterocycles. The predicted octanol–water partition coefficient (Wildman–Crippen LogP) is 1.18. The lowest BCUT2D eigenvalue weighted by molar-refractivity contribution is 0.125. The summed E-state index contributed by atoms with van der Waals surface area (Å²) in [5.74, 6) is 5.25. The highest BCUT2D eigenvalue weighted by atomic mass is 79.9. The minimum absolute atomic E-state index is 0.263. The summed E-state index contributed by atoms with van der Waals surface area (Å²) in [6.07, 6.45) is 0. The molecule has 0 bridgehead atoms. The summed E-state index contributed by atoms with van der Waals surface area (Å²) in [6.45, 7) is 2.54. The van der Waals surface area contributed by atoms with Crippen molar-refractivity contribution in [1.82, 2.24) is 9.78 Å². The topological polar surface area (TPSA) is 53.1 Å². The molecule has 1 heterocycles. The highest BCUT2D eigenvalue weighted by Crippen LogP contribution is 2.18. The molecule has 0 saturated heterocycles. The fourth-order valence-electron chi connectivity index (χ4n) is 1.14. The molecule has 12 heavy (non-hydrogen) atoms. The third kappa shape index (κ3) is 2.06. The van der Waals surface area contributed by atoms with E-state index in [-0.39, 0.29) is 5.92 Å². The molecule has 68 valence electrons. The van der Waals surface area contributed by atoms with E-state index in [1.165, 1.54) is 0 Å². The Kier molecular flexibility index (Phi) is 3.25. The Labute approximate surface area is 79.8 Å². The van der Waals surface area contributed by atoms with Crippen LogP contribution in [0.1, 0.15) is 18.5 Å². The van der Waals surface area contributed by atoms with E-state index in [2.05, 4.69) is 25.9 Å². The van der Waals surface area contributed by atoms with Crippen LogP contribution in [0.15, 0.2) is 10.7 Å². The van der Waals surface area contributed by atoms with Gasteiger partial charge in [0.15, 0.2) is 0 Å². The second kappa shape index (κ2) is 4.02. The summed E-state index contributed by atoms with van der Waals surface area (Å²) < 4.78 is 2.65. The molecular formula is C7H12BrN3O. The second-order valence-electron chi connectivity index (χ2n) is 2.75. The smallest absolute Gasteiger partial charge is 0.128 e. The maximum Gasteiger partial charge on any atom is 0.128 e. The monoisotopic (exact) mass is 233 g/mol. The van der Waals surface area contributed by atoms with Gasteiger partial charge in [-0.25, -0.2) is 5.90 Å². The Hall–Kier alpha value is -0.390. The van der Waals surface area contributed by atoms with Crippen molar-refractivity contribution in [3.63, 3.8) is 0 Å². The fraction of sp³-hybridized carbons (Fsp3) is 0.571. The van der Waals surface area contributed by atoms with Gasteiger partial charge >= 0.3 is 0 Å². The van der Waals surface area contributed by atoms with Crippen molar-refractivity contribution in [1.29, 1.82) is 0 Å². The summed E-state index contributed by atoms with van der Waals surface area (Å²) in [4.78, 5) is 4.57. The standard InChI is InChI=1S/C7H12BrN3O/c1-5(4-12-9)6-3-7(8)10-11(6)2/h3,5H,4,9H2,1-2H3. The van der Waals surface area contributed by atoms with Crippen LogP contribution in [0, 0.1) is 0 Å². The predicted molar refractivity (Wildman–Crippen MR) is 49.5 cm³/mol.